The van der Waals surface area contributed by atoms with E-state index in [1.807, 2.05) is 0 Å². The molecule has 0 spiro atoms. The Morgan fingerprint density at radius 2 is 1.91 bits per heavy atom. The van der Waals surface area contributed by atoms with Crippen molar-refractivity contribution in [2.45, 2.75) is 11.7 Å². The van der Waals surface area contributed by atoms with Crippen LogP contribution in [0.25, 0.3) is 0 Å². The summed E-state index contributed by atoms with van der Waals surface area (Å²) in [6.07, 6.45) is 1.01. The van der Waals surface area contributed by atoms with Gasteiger partial charge < -0.3 is 0 Å². The van der Waals surface area contributed by atoms with E-state index in [4.69, 9.17) is 0 Å². The van der Waals surface area contributed by atoms with Crippen LogP contribution in [0.4, 0.5) is 17.6 Å². The summed E-state index contributed by atoms with van der Waals surface area (Å²) in [4.78, 5) is 0. The molecule has 2 rings (SSSR count). The first-order chi connectivity index (χ1) is 5.00. The molecule has 1 saturated heterocycles. The van der Waals surface area contributed by atoms with E-state index >= 15 is 0 Å². The zero-order valence-electron chi connectivity index (χ0n) is 5.07. The van der Waals surface area contributed by atoms with Crippen molar-refractivity contribution in [1.82, 2.24) is 0 Å². The van der Waals surface area contributed by atoms with Gasteiger partial charge >= 0.3 is 5.85 Å². The van der Waals surface area contributed by atoms with Gasteiger partial charge in [0.1, 0.15) is 0 Å². The minimum absolute atomic E-state index is 0.500. The molecular formula is C6H2F4O. The molecule has 0 amide bonds. The van der Waals surface area contributed by atoms with Crippen molar-refractivity contribution in [2.24, 2.45) is 0 Å². The van der Waals surface area contributed by atoms with E-state index in [-0.39, 0.29) is 0 Å². The second-order valence-corrected chi connectivity index (χ2v) is 2.34. The normalized spacial score (nSPS) is 47.6. The van der Waals surface area contributed by atoms with Crippen molar-refractivity contribution in [3.8, 4) is 0 Å². The van der Waals surface area contributed by atoms with Crippen LogP contribution in [-0.2, 0) is 4.74 Å². The van der Waals surface area contributed by atoms with Gasteiger partial charge in [-0.05, 0) is 12.2 Å². The van der Waals surface area contributed by atoms with Crippen LogP contribution in [0.15, 0.2) is 23.8 Å². The van der Waals surface area contributed by atoms with E-state index in [0.717, 1.165) is 0 Å². The number of allylic oxidation sites excluding steroid dienone is 2. The van der Waals surface area contributed by atoms with Gasteiger partial charge in [0, 0.05) is 0 Å². The van der Waals surface area contributed by atoms with Gasteiger partial charge in [-0.25, -0.2) is 13.2 Å². The summed E-state index contributed by atoms with van der Waals surface area (Å²) in [5, 5.41) is 0. The Bertz CT molecular complexity index is 284. The van der Waals surface area contributed by atoms with Crippen molar-refractivity contribution in [1.29, 1.82) is 0 Å². The van der Waals surface area contributed by atoms with Gasteiger partial charge in [-0.3, -0.25) is 4.74 Å². The number of ether oxygens (including phenoxy) is 1. The number of halogens is 4. The summed E-state index contributed by atoms with van der Waals surface area (Å²) in [6, 6.07) is 0. The highest BCUT2D eigenvalue weighted by molar-refractivity contribution is 5.38. The topological polar surface area (TPSA) is 12.5 Å². The molecule has 2 unspecified atom stereocenters. The van der Waals surface area contributed by atoms with Gasteiger partial charge in [-0.2, -0.15) is 4.39 Å². The minimum Gasteiger partial charge on any atom is -0.289 e. The Morgan fingerprint density at radius 1 is 1.27 bits per heavy atom. The van der Waals surface area contributed by atoms with E-state index in [1.165, 1.54) is 0 Å². The van der Waals surface area contributed by atoms with Gasteiger partial charge in [0.05, 0.1) is 0 Å². The first-order valence-electron chi connectivity index (χ1n) is 2.82. The number of fused-ring (bicyclic) bond motifs is 1. The number of hydrogen-bond donors (Lipinski definition) is 0. The van der Waals surface area contributed by atoms with Gasteiger partial charge in [-0.1, -0.05) is 0 Å². The average molecular weight is 166 g/mol. The monoisotopic (exact) mass is 166 g/mol. The molecule has 0 N–H and O–H groups in total. The van der Waals surface area contributed by atoms with E-state index < -0.39 is 23.4 Å². The SMILES string of the molecule is FC1=C(F)C2(F)OC2(F)C=C1. The molecular weight excluding hydrogens is 164 g/mol. The summed E-state index contributed by atoms with van der Waals surface area (Å²) in [6.45, 7) is 0. The van der Waals surface area contributed by atoms with E-state index in [1.54, 1.807) is 0 Å². The maximum atomic E-state index is 12.7. The lowest BCUT2D eigenvalue weighted by Gasteiger charge is -2.04. The van der Waals surface area contributed by atoms with Crippen LogP contribution in [0, 0.1) is 0 Å². The van der Waals surface area contributed by atoms with Crippen LogP contribution in [0.1, 0.15) is 0 Å². The molecule has 0 bridgehead atoms. The van der Waals surface area contributed by atoms with Crippen LogP contribution >= 0.6 is 0 Å². The maximum absolute atomic E-state index is 12.7. The molecule has 0 aromatic rings. The first kappa shape index (κ1) is 6.84. The molecule has 5 heteroatoms. The zero-order chi connectivity index (χ0) is 8.28. The Kier molecular flexibility index (Phi) is 0.934. The molecule has 1 fully saturated rings. The Morgan fingerprint density at radius 3 is 2.45 bits per heavy atom. The fourth-order valence-corrected chi connectivity index (χ4v) is 0.922. The molecule has 1 aliphatic heterocycles. The second-order valence-electron chi connectivity index (χ2n) is 2.34. The predicted octanol–water partition coefficient (Wildman–Crippen LogP) is 2.07. The third kappa shape index (κ3) is 0.592. The lowest BCUT2D eigenvalue weighted by atomic mass is 10.1. The minimum atomic E-state index is -3.20. The highest BCUT2D eigenvalue weighted by atomic mass is 19.2. The molecule has 2 atom stereocenters. The summed E-state index contributed by atoms with van der Waals surface area (Å²) in [7, 11) is 0. The fourth-order valence-electron chi connectivity index (χ4n) is 0.922. The van der Waals surface area contributed by atoms with Crippen molar-refractivity contribution < 1.29 is 22.3 Å². The van der Waals surface area contributed by atoms with Crippen molar-refractivity contribution in [3.63, 3.8) is 0 Å². The summed E-state index contributed by atoms with van der Waals surface area (Å²) < 4.78 is 53.6. The Balaban J connectivity index is 2.49. The molecule has 1 heterocycles. The highest BCUT2D eigenvalue weighted by Gasteiger charge is 2.78. The zero-order valence-corrected chi connectivity index (χ0v) is 5.07. The largest absolute Gasteiger partial charge is 0.331 e. The van der Waals surface area contributed by atoms with E-state index in [2.05, 4.69) is 4.74 Å². The summed E-state index contributed by atoms with van der Waals surface area (Å²) in [5.41, 5.74) is 0. The molecule has 1 nitrogen and oxygen atoms in total. The average Bonchev–Trinajstić information content (AvgIpc) is 2.50. The first-order valence-corrected chi connectivity index (χ1v) is 2.82. The van der Waals surface area contributed by atoms with Gasteiger partial charge in [0.15, 0.2) is 5.83 Å². The standard InChI is InChI=1S/C6H2F4O/c7-3-1-2-5(9)6(10,11-5)4(3)8/h1-2H. The molecule has 0 aromatic heterocycles. The highest BCUT2D eigenvalue weighted by Crippen LogP contribution is 2.59. The predicted molar refractivity (Wildman–Crippen MR) is 27.1 cm³/mol. The quantitative estimate of drug-likeness (QED) is 0.396. The molecule has 0 radical (unpaired) electrons. The smallest absolute Gasteiger partial charge is 0.289 e. The van der Waals surface area contributed by atoms with Crippen molar-refractivity contribution in [2.75, 3.05) is 0 Å². The lowest BCUT2D eigenvalue weighted by molar-refractivity contribution is 0.143. The molecule has 0 saturated carbocycles. The fraction of sp³-hybridized carbons (Fsp3) is 0.333. The molecule has 11 heavy (non-hydrogen) atoms. The van der Waals surface area contributed by atoms with E-state index in [9.17, 15) is 17.6 Å². The molecule has 2 aliphatic rings. The Labute approximate surface area is 58.9 Å². The van der Waals surface area contributed by atoms with Crippen LogP contribution in [-0.4, -0.2) is 11.7 Å². The van der Waals surface area contributed by atoms with Crippen LogP contribution in [0.5, 0.6) is 0 Å². The van der Waals surface area contributed by atoms with Crippen LogP contribution in [0.3, 0.4) is 0 Å². The van der Waals surface area contributed by atoms with Gasteiger partial charge in [0.2, 0.25) is 5.83 Å². The van der Waals surface area contributed by atoms with Crippen LogP contribution in [0.2, 0.25) is 0 Å². The summed E-state index contributed by atoms with van der Waals surface area (Å²) >= 11 is 0. The van der Waals surface area contributed by atoms with E-state index in [0.29, 0.717) is 12.2 Å². The molecule has 1 aliphatic carbocycles. The molecule has 0 aromatic carbocycles. The van der Waals surface area contributed by atoms with Crippen molar-refractivity contribution in [3.05, 3.63) is 23.8 Å². The van der Waals surface area contributed by atoms with Gasteiger partial charge in [-0.15, -0.1) is 0 Å². The summed E-state index contributed by atoms with van der Waals surface area (Å²) in [5.74, 6) is -9.25. The van der Waals surface area contributed by atoms with Gasteiger partial charge in [0.25, 0.3) is 5.85 Å². The lowest BCUT2D eigenvalue weighted by Crippen LogP contribution is -2.18. The second kappa shape index (κ2) is 1.50. The van der Waals surface area contributed by atoms with Crippen LogP contribution < -0.4 is 0 Å². The number of epoxide rings is 1. The number of alkyl halides is 2. The number of rotatable bonds is 0. The Hall–Kier alpha value is -0.840. The third-order valence-corrected chi connectivity index (χ3v) is 1.62. The number of hydrogen-bond acceptors (Lipinski definition) is 1. The van der Waals surface area contributed by atoms with Crippen molar-refractivity contribution >= 4 is 0 Å². The maximum Gasteiger partial charge on any atom is 0.331 e. The third-order valence-electron chi connectivity index (χ3n) is 1.62. The molecule has 60 valence electrons.